The predicted octanol–water partition coefficient (Wildman–Crippen LogP) is 3.08. The third-order valence-electron chi connectivity index (χ3n) is 1.97. The minimum Gasteiger partial charge on any atom is -0.477 e. The van der Waals surface area contributed by atoms with Gasteiger partial charge in [0, 0.05) is 15.6 Å². The summed E-state index contributed by atoms with van der Waals surface area (Å²) >= 11 is 11.7. The summed E-state index contributed by atoms with van der Waals surface area (Å²) in [5.41, 5.74) is 1.18. The molecule has 2 N–H and O–H groups in total. The summed E-state index contributed by atoms with van der Waals surface area (Å²) < 4.78 is 0. The largest absolute Gasteiger partial charge is 0.477 e. The number of benzene rings is 1. The van der Waals surface area contributed by atoms with Crippen LogP contribution in [0, 0.1) is 0 Å². The number of nitrogens with zero attached hydrogens (tertiary/aromatic N) is 1. The molecule has 0 radical (unpaired) electrons. The third-order valence-corrected chi connectivity index (χ3v) is 2.40. The fourth-order valence-electron chi connectivity index (χ4n) is 1.28. The lowest BCUT2D eigenvalue weighted by Crippen LogP contribution is -1.95. The van der Waals surface area contributed by atoms with Crippen LogP contribution in [0.2, 0.25) is 10.0 Å². The van der Waals surface area contributed by atoms with Crippen molar-refractivity contribution in [2.24, 2.45) is 0 Å². The maximum absolute atomic E-state index is 10.7. The molecule has 2 aromatic rings. The molecule has 0 unspecified atom stereocenters. The monoisotopic (exact) mass is 256 g/mol. The first-order valence-corrected chi connectivity index (χ1v) is 5.07. The van der Waals surface area contributed by atoms with Crippen LogP contribution in [0.4, 0.5) is 0 Å². The van der Waals surface area contributed by atoms with Crippen LogP contribution in [-0.4, -0.2) is 21.3 Å². The van der Waals surface area contributed by atoms with Gasteiger partial charge in [-0.2, -0.15) is 5.10 Å². The number of halogens is 2. The number of rotatable bonds is 2. The molecule has 0 aliphatic carbocycles. The Labute approximate surface area is 101 Å². The Kier molecular flexibility index (Phi) is 2.85. The van der Waals surface area contributed by atoms with E-state index in [-0.39, 0.29) is 5.69 Å². The topological polar surface area (TPSA) is 66.0 Å². The summed E-state index contributed by atoms with van der Waals surface area (Å²) in [6.45, 7) is 0. The van der Waals surface area contributed by atoms with Crippen molar-refractivity contribution in [3.8, 4) is 11.3 Å². The SMILES string of the molecule is O=C(O)c1cc(-c2cc(Cl)cc(Cl)c2)n[nH]1. The van der Waals surface area contributed by atoms with Gasteiger partial charge in [-0.25, -0.2) is 4.79 Å². The minimum absolute atomic E-state index is 0.0195. The van der Waals surface area contributed by atoms with E-state index in [0.717, 1.165) is 0 Å². The summed E-state index contributed by atoms with van der Waals surface area (Å²) in [5, 5.41) is 16.0. The van der Waals surface area contributed by atoms with E-state index >= 15 is 0 Å². The standard InChI is InChI=1S/C10H6Cl2N2O2/c11-6-1-5(2-7(12)3-6)8-4-9(10(15)16)14-13-8/h1-4H,(H,13,14)(H,15,16). The van der Waals surface area contributed by atoms with E-state index in [2.05, 4.69) is 10.2 Å². The summed E-state index contributed by atoms with van der Waals surface area (Å²) in [5.74, 6) is -1.06. The molecular formula is C10H6Cl2N2O2. The van der Waals surface area contributed by atoms with Crippen molar-refractivity contribution in [2.45, 2.75) is 0 Å². The number of hydrogen-bond acceptors (Lipinski definition) is 2. The molecule has 0 aliphatic rings. The first-order valence-electron chi connectivity index (χ1n) is 4.31. The van der Waals surface area contributed by atoms with Gasteiger partial charge in [-0.05, 0) is 24.3 Å². The Morgan fingerprint density at radius 2 is 1.81 bits per heavy atom. The van der Waals surface area contributed by atoms with Crippen molar-refractivity contribution in [1.29, 1.82) is 0 Å². The van der Waals surface area contributed by atoms with Gasteiger partial charge in [-0.15, -0.1) is 0 Å². The quantitative estimate of drug-likeness (QED) is 0.868. The zero-order valence-electron chi connectivity index (χ0n) is 7.87. The van der Waals surface area contributed by atoms with E-state index in [1.807, 2.05) is 0 Å². The highest BCUT2D eigenvalue weighted by Gasteiger charge is 2.10. The maximum Gasteiger partial charge on any atom is 0.353 e. The average molecular weight is 257 g/mol. The number of carbonyl (C=O) groups is 1. The minimum atomic E-state index is -1.06. The predicted molar refractivity (Wildman–Crippen MR) is 61.0 cm³/mol. The van der Waals surface area contributed by atoms with Crippen LogP contribution in [0.15, 0.2) is 24.3 Å². The van der Waals surface area contributed by atoms with Crippen LogP contribution in [0.3, 0.4) is 0 Å². The average Bonchev–Trinajstić information content (AvgIpc) is 2.64. The highest BCUT2D eigenvalue weighted by atomic mass is 35.5. The molecule has 0 spiro atoms. The zero-order chi connectivity index (χ0) is 11.7. The molecule has 0 amide bonds. The number of nitrogens with one attached hydrogen (secondary N) is 1. The van der Waals surface area contributed by atoms with Crippen LogP contribution < -0.4 is 0 Å². The van der Waals surface area contributed by atoms with Gasteiger partial charge in [-0.3, -0.25) is 5.10 Å². The summed E-state index contributed by atoms with van der Waals surface area (Å²) in [4.78, 5) is 10.7. The van der Waals surface area contributed by atoms with Gasteiger partial charge >= 0.3 is 5.97 Å². The highest BCUT2D eigenvalue weighted by molar-refractivity contribution is 6.35. The highest BCUT2D eigenvalue weighted by Crippen LogP contribution is 2.26. The van der Waals surface area contributed by atoms with Crippen LogP contribution in [-0.2, 0) is 0 Å². The third kappa shape index (κ3) is 2.18. The second kappa shape index (κ2) is 4.15. The molecule has 0 saturated carbocycles. The van der Waals surface area contributed by atoms with Gasteiger partial charge in [0.15, 0.2) is 0 Å². The number of H-pyrrole nitrogens is 1. The van der Waals surface area contributed by atoms with E-state index in [9.17, 15) is 4.79 Å². The van der Waals surface area contributed by atoms with Gasteiger partial charge in [0.25, 0.3) is 0 Å². The van der Waals surface area contributed by atoms with E-state index in [0.29, 0.717) is 21.3 Å². The molecule has 1 aromatic carbocycles. The Hall–Kier alpha value is -1.52. The zero-order valence-corrected chi connectivity index (χ0v) is 9.38. The Bertz CT molecular complexity index is 531. The van der Waals surface area contributed by atoms with Gasteiger partial charge in [-0.1, -0.05) is 23.2 Å². The van der Waals surface area contributed by atoms with Crippen molar-refractivity contribution < 1.29 is 9.90 Å². The van der Waals surface area contributed by atoms with Crippen molar-refractivity contribution in [3.05, 3.63) is 40.0 Å². The summed E-state index contributed by atoms with van der Waals surface area (Å²) in [6.07, 6.45) is 0. The van der Waals surface area contributed by atoms with Crippen molar-refractivity contribution in [1.82, 2.24) is 10.2 Å². The normalized spacial score (nSPS) is 10.4. The molecular weight excluding hydrogens is 251 g/mol. The van der Waals surface area contributed by atoms with Crippen molar-refractivity contribution in [2.75, 3.05) is 0 Å². The van der Waals surface area contributed by atoms with E-state index in [1.54, 1.807) is 18.2 Å². The Morgan fingerprint density at radius 3 is 2.31 bits per heavy atom. The summed E-state index contributed by atoms with van der Waals surface area (Å²) in [6, 6.07) is 6.34. The molecule has 0 bridgehead atoms. The van der Waals surface area contributed by atoms with Crippen LogP contribution in [0.5, 0.6) is 0 Å². The number of hydrogen-bond donors (Lipinski definition) is 2. The lowest BCUT2D eigenvalue weighted by molar-refractivity contribution is 0.0690. The van der Waals surface area contributed by atoms with Crippen LogP contribution in [0.1, 0.15) is 10.5 Å². The van der Waals surface area contributed by atoms with Gasteiger partial charge in [0.05, 0.1) is 5.69 Å². The molecule has 0 aliphatic heterocycles. The van der Waals surface area contributed by atoms with Crippen LogP contribution in [0.25, 0.3) is 11.3 Å². The molecule has 0 fully saturated rings. The second-order valence-corrected chi connectivity index (χ2v) is 4.00. The smallest absolute Gasteiger partial charge is 0.353 e. The van der Waals surface area contributed by atoms with E-state index in [1.165, 1.54) is 6.07 Å². The van der Waals surface area contributed by atoms with E-state index < -0.39 is 5.97 Å². The summed E-state index contributed by atoms with van der Waals surface area (Å²) in [7, 11) is 0. The second-order valence-electron chi connectivity index (χ2n) is 3.13. The molecule has 1 aromatic heterocycles. The molecule has 82 valence electrons. The molecule has 0 saturated heterocycles. The number of aromatic amines is 1. The number of carboxylic acids is 1. The number of carboxylic acid groups (broad SMARTS) is 1. The molecule has 4 nitrogen and oxygen atoms in total. The molecule has 16 heavy (non-hydrogen) atoms. The van der Waals surface area contributed by atoms with E-state index in [4.69, 9.17) is 28.3 Å². The first kappa shape index (κ1) is 11.0. The maximum atomic E-state index is 10.7. The number of aromatic nitrogens is 2. The van der Waals surface area contributed by atoms with Gasteiger partial charge in [0.1, 0.15) is 5.69 Å². The first-order chi connectivity index (χ1) is 7.56. The number of aromatic carboxylic acids is 1. The lowest BCUT2D eigenvalue weighted by Gasteiger charge is -1.98. The molecule has 1 heterocycles. The fourth-order valence-corrected chi connectivity index (χ4v) is 1.81. The lowest BCUT2D eigenvalue weighted by atomic mass is 10.1. The Balaban J connectivity index is 2.46. The Morgan fingerprint density at radius 1 is 1.19 bits per heavy atom. The van der Waals surface area contributed by atoms with Crippen LogP contribution >= 0.6 is 23.2 Å². The van der Waals surface area contributed by atoms with Crippen molar-refractivity contribution >= 4 is 29.2 Å². The molecule has 2 rings (SSSR count). The van der Waals surface area contributed by atoms with Crippen molar-refractivity contribution in [3.63, 3.8) is 0 Å². The molecule has 0 atom stereocenters. The van der Waals surface area contributed by atoms with Gasteiger partial charge < -0.3 is 5.11 Å². The van der Waals surface area contributed by atoms with Gasteiger partial charge in [0.2, 0.25) is 0 Å². The molecule has 6 heteroatoms. The fraction of sp³-hybridized carbons (Fsp3) is 0.